The number of ether oxygens (including phenoxy) is 3. The fourth-order valence-corrected chi connectivity index (χ4v) is 5.79. The van der Waals surface area contributed by atoms with E-state index in [4.69, 9.17) is 14.2 Å². The van der Waals surface area contributed by atoms with Crippen LogP contribution in [0.2, 0.25) is 5.32 Å². The molecule has 30 heavy (non-hydrogen) atoms. The van der Waals surface area contributed by atoms with Gasteiger partial charge >= 0.3 is 181 Å². The van der Waals surface area contributed by atoms with Gasteiger partial charge in [0.25, 0.3) is 0 Å². The molecule has 1 atom stereocenters. The van der Waals surface area contributed by atoms with Gasteiger partial charge in [0.05, 0.1) is 0 Å². The molecule has 0 aliphatic heterocycles. The summed E-state index contributed by atoms with van der Waals surface area (Å²) in [5.41, 5.74) is 0.338. The van der Waals surface area contributed by atoms with Gasteiger partial charge in [-0.15, -0.1) is 0 Å². The van der Waals surface area contributed by atoms with Crippen LogP contribution in [0.5, 0.6) is 5.75 Å². The topological polar surface area (TPSA) is 61.8 Å². The second kappa shape index (κ2) is 9.45. The van der Waals surface area contributed by atoms with Gasteiger partial charge in [-0.1, -0.05) is 0 Å². The van der Waals surface area contributed by atoms with E-state index in [1.165, 1.54) is 26.4 Å². The Bertz CT molecular complexity index is 921. The molecule has 2 aromatic carbocycles. The Kier molecular flexibility index (Phi) is 6.95. The Morgan fingerprint density at radius 2 is 1.60 bits per heavy atom. The molecule has 7 heteroatoms. The predicted octanol–water partition coefficient (Wildman–Crippen LogP) is 3.02. The van der Waals surface area contributed by atoms with Crippen molar-refractivity contribution in [1.29, 1.82) is 0 Å². The van der Waals surface area contributed by atoms with E-state index in [-0.39, 0.29) is 33.1 Å². The molecule has 0 saturated carbocycles. The normalized spacial score (nSPS) is 17.2. The van der Waals surface area contributed by atoms with Crippen molar-refractivity contribution < 1.29 is 28.2 Å². The number of rotatable bonds is 7. The molecule has 0 aromatic heterocycles. The monoisotopic (exact) mass is 478 g/mol. The minimum absolute atomic E-state index is 0.0340. The van der Waals surface area contributed by atoms with Crippen molar-refractivity contribution >= 4 is 36.9 Å². The quantitative estimate of drug-likeness (QED) is 0.349. The molecule has 1 unspecified atom stereocenters. The third-order valence-corrected chi connectivity index (χ3v) is 7.66. The molecule has 5 nitrogen and oxygen atoms in total. The first-order chi connectivity index (χ1) is 14.4. The summed E-state index contributed by atoms with van der Waals surface area (Å²) < 4.78 is 29.4. The van der Waals surface area contributed by atoms with Gasteiger partial charge in [-0.2, -0.15) is 0 Å². The van der Waals surface area contributed by atoms with Crippen LogP contribution in [0.25, 0.3) is 5.57 Å². The van der Waals surface area contributed by atoms with Crippen molar-refractivity contribution in [2.24, 2.45) is 11.3 Å². The molecule has 3 rings (SSSR count). The zero-order chi connectivity index (χ0) is 21.7. The fraction of sp³-hybridized carbons (Fsp3) is 0.304. The first-order valence-electron chi connectivity index (χ1n) is 9.36. The van der Waals surface area contributed by atoms with Crippen LogP contribution < -0.4 is 9.20 Å². The van der Waals surface area contributed by atoms with Crippen molar-refractivity contribution in [1.82, 2.24) is 0 Å². The number of halogens is 1. The van der Waals surface area contributed by atoms with Gasteiger partial charge in [-0.25, -0.2) is 0 Å². The average molecular weight is 477 g/mol. The summed E-state index contributed by atoms with van der Waals surface area (Å²) in [7, 11) is 4.13. The molecule has 0 saturated heterocycles. The van der Waals surface area contributed by atoms with Gasteiger partial charge in [-0.05, 0) is 0 Å². The van der Waals surface area contributed by atoms with Crippen LogP contribution in [0.15, 0.2) is 54.6 Å². The Balaban J connectivity index is 1.96. The summed E-state index contributed by atoms with van der Waals surface area (Å²) in [5, 5.41) is 0.742. The second-order valence-corrected chi connectivity index (χ2v) is 9.24. The molecule has 0 radical (unpaired) electrons. The van der Waals surface area contributed by atoms with Gasteiger partial charge in [0, 0.05) is 0 Å². The average Bonchev–Trinajstić information content (AvgIpc) is 3.18. The van der Waals surface area contributed by atoms with Crippen LogP contribution in [-0.2, 0) is 19.1 Å². The summed E-state index contributed by atoms with van der Waals surface area (Å²) >= 11 is 0.0340. The van der Waals surface area contributed by atoms with E-state index in [9.17, 15) is 14.0 Å². The van der Waals surface area contributed by atoms with Crippen molar-refractivity contribution in [2.45, 2.75) is 11.7 Å². The third-order valence-electron chi connectivity index (χ3n) is 5.20. The van der Waals surface area contributed by atoms with Crippen molar-refractivity contribution in [3.63, 3.8) is 0 Å². The van der Waals surface area contributed by atoms with E-state index in [1.807, 2.05) is 24.3 Å². The van der Waals surface area contributed by atoms with Crippen LogP contribution in [0.3, 0.4) is 0 Å². The van der Waals surface area contributed by atoms with E-state index in [0.717, 1.165) is 26.7 Å². The van der Waals surface area contributed by atoms with E-state index < -0.39 is 17.4 Å². The zero-order valence-electron chi connectivity index (χ0n) is 17.0. The zero-order valence-corrected chi connectivity index (χ0v) is 18.7. The van der Waals surface area contributed by atoms with Gasteiger partial charge < -0.3 is 0 Å². The molecule has 0 spiro atoms. The first-order valence-corrected chi connectivity index (χ1v) is 11.4. The SMILES string of the molecule is COC(=O)C1(C(=O)OC)C=C(c2ccc(OC)cc2)C(C[Se]c2ccc(F)cc2)C1. The molecule has 2 aromatic rings. The maximum atomic E-state index is 13.2. The second-order valence-electron chi connectivity index (χ2n) is 6.95. The summed E-state index contributed by atoms with van der Waals surface area (Å²) in [5.74, 6) is -0.864. The molecule has 158 valence electrons. The summed E-state index contributed by atoms with van der Waals surface area (Å²) in [4.78, 5) is 25.3. The van der Waals surface area contributed by atoms with Gasteiger partial charge in [-0.3, -0.25) is 0 Å². The number of methoxy groups -OCH3 is 3. The van der Waals surface area contributed by atoms with Crippen LogP contribution in [-0.4, -0.2) is 48.2 Å². The number of carbonyl (C=O) groups is 2. The Hall–Kier alpha value is -2.63. The number of benzene rings is 2. The fourth-order valence-electron chi connectivity index (χ4n) is 3.65. The molecule has 0 heterocycles. The van der Waals surface area contributed by atoms with Gasteiger partial charge in [0.2, 0.25) is 0 Å². The maximum absolute atomic E-state index is 13.2. The van der Waals surface area contributed by atoms with E-state index in [0.29, 0.717) is 0 Å². The van der Waals surface area contributed by atoms with Crippen LogP contribution in [0, 0.1) is 17.2 Å². The predicted molar refractivity (Wildman–Crippen MR) is 112 cm³/mol. The van der Waals surface area contributed by atoms with Crippen molar-refractivity contribution in [2.75, 3.05) is 21.3 Å². The van der Waals surface area contributed by atoms with E-state index in [1.54, 1.807) is 25.3 Å². The molecular weight excluding hydrogens is 454 g/mol. The molecule has 0 amide bonds. The van der Waals surface area contributed by atoms with Crippen molar-refractivity contribution in [3.8, 4) is 5.75 Å². The summed E-state index contributed by atoms with van der Waals surface area (Å²) in [6, 6.07) is 13.9. The minimum atomic E-state index is -1.47. The number of allylic oxidation sites excluding steroid dienone is 1. The number of hydrogen-bond donors (Lipinski definition) is 0. The molecule has 0 bridgehead atoms. The number of carbonyl (C=O) groups excluding carboxylic acids is 2. The molecule has 1 aliphatic carbocycles. The number of hydrogen-bond acceptors (Lipinski definition) is 5. The van der Waals surface area contributed by atoms with Crippen LogP contribution in [0.4, 0.5) is 4.39 Å². The number of esters is 2. The Morgan fingerprint density at radius 3 is 2.13 bits per heavy atom. The molecule has 0 N–H and O–H groups in total. The Morgan fingerprint density at radius 1 is 1.00 bits per heavy atom. The van der Waals surface area contributed by atoms with E-state index in [2.05, 4.69) is 0 Å². The Labute approximate surface area is 181 Å². The van der Waals surface area contributed by atoms with E-state index >= 15 is 0 Å². The summed E-state index contributed by atoms with van der Waals surface area (Å²) in [6.07, 6.45) is 1.97. The van der Waals surface area contributed by atoms with Crippen LogP contribution in [0.1, 0.15) is 12.0 Å². The third kappa shape index (κ3) is 4.42. The first kappa shape index (κ1) is 22.1. The standard InChI is InChI=1S/C23H23FO5Se/c1-27-18-8-4-15(5-9-18)20-13-23(21(25)28-2,22(26)29-3)12-16(20)14-30-19-10-6-17(24)7-11-19/h4-11,13,16H,12,14H2,1-3H3. The summed E-state index contributed by atoms with van der Waals surface area (Å²) in [6.45, 7) is 0. The molecule has 1 aliphatic rings. The molecule has 0 fully saturated rings. The van der Waals surface area contributed by atoms with Crippen molar-refractivity contribution in [3.05, 3.63) is 66.0 Å². The van der Waals surface area contributed by atoms with Gasteiger partial charge in [0.1, 0.15) is 0 Å². The van der Waals surface area contributed by atoms with Crippen LogP contribution >= 0.6 is 0 Å². The molecular formula is C23H23FO5Se. The van der Waals surface area contributed by atoms with Gasteiger partial charge in [0.15, 0.2) is 0 Å².